The minimum absolute atomic E-state index is 0.0170. The summed E-state index contributed by atoms with van der Waals surface area (Å²) in [5.74, 6) is 1.24. The summed E-state index contributed by atoms with van der Waals surface area (Å²) in [6.45, 7) is 3.12. The molecule has 1 saturated heterocycles. The summed E-state index contributed by atoms with van der Waals surface area (Å²) in [4.78, 5) is 37.5. The van der Waals surface area contributed by atoms with Gasteiger partial charge in [0.25, 0.3) is 5.69 Å². The van der Waals surface area contributed by atoms with Gasteiger partial charge in [0.15, 0.2) is 17.3 Å². The number of carbonyl (C=O) groups is 2. The highest BCUT2D eigenvalue weighted by atomic mass is 16.6. The summed E-state index contributed by atoms with van der Waals surface area (Å²) >= 11 is 0. The number of non-ortho nitro benzene ring substituents is 1. The topological polar surface area (TPSA) is 111 Å². The number of hydrogen-bond acceptors (Lipinski definition) is 7. The number of nitrogens with zero attached hydrogens (tertiary/aromatic N) is 2. The maximum Gasteiger partial charge on any atom is 0.269 e. The Morgan fingerprint density at radius 2 is 1.72 bits per heavy atom. The van der Waals surface area contributed by atoms with E-state index < -0.39 is 4.92 Å². The van der Waals surface area contributed by atoms with Gasteiger partial charge < -0.3 is 19.7 Å². The van der Waals surface area contributed by atoms with Crippen LogP contribution in [0.1, 0.15) is 29.6 Å². The summed E-state index contributed by atoms with van der Waals surface area (Å²) in [6.07, 6.45) is 1.81. The Morgan fingerprint density at radius 3 is 2.41 bits per heavy atom. The van der Waals surface area contributed by atoms with Crippen LogP contribution < -0.4 is 14.8 Å². The molecule has 1 N–H and O–H groups in total. The summed E-state index contributed by atoms with van der Waals surface area (Å²) in [5, 5.41) is 13.5. The number of Topliss-reactive ketones (excluding diaryl/α,β-unsaturated/α-hetero) is 1. The second-order valence-corrected chi connectivity index (χ2v) is 7.94. The molecule has 2 aromatic rings. The molecular weight excluding hydrogens is 414 g/mol. The molecular formula is C23H25N3O6. The molecule has 4 rings (SSSR count). The molecule has 9 nitrogen and oxygen atoms in total. The lowest BCUT2D eigenvalue weighted by atomic mass is 9.88. The molecule has 0 unspecified atom stereocenters. The molecule has 0 bridgehead atoms. The molecule has 1 amide bonds. The monoisotopic (exact) mass is 439 g/mol. The highest BCUT2D eigenvalue weighted by Crippen LogP contribution is 2.32. The first-order valence-electron chi connectivity index (χ1n) is 10.7. The fourth-order valence-corrected chi connectivity index (χ4v) is 4.00. The zero-order chi connectivity index (χ0) is 22.5. The van der Waals surface area contributed by atoms with Crippen LogP contribution in [-0.4, -0.2) is 54.4 Å². The molecule has 0 saturated carbocycles. The van der Waals surface area contributed by atoms with Gasteiger partial charge in [0.1, 0.15) is 13.2 Å². The lowest BCUT2D eigenvalue weighted by Gasteiger charge is -2.31. The van der Waals surface area contributed by atoms with Crippen molar-refractivity contribution in [3.8, 4) is 11.5 Å². The highest BCUT2D eigenvalue weighted by molar-refractivity contribution is 5.98. The normalized spacial score (nSPS) is 16.4. The average Bonchev–Trinajstić information content (AvgIpc) is 2.82. The molecule has 32 heavy (non-hydrogen) atoms. The van der Waals surface area contributed by atoms with E-state index in [0.717, 1.165) is 25.9 Å². The number of nitro benzene ring substituents is 1. The number of carbonyl (C=O) groups excluding carboxylic acids is 2. The standard InChI is InChI=1S/C23H25N3O6/c27-22(24-18-2-4-19(5-3-18)26(29)30)9-12-25-10-7-16(8-11-25)23(28)17-1-6-20-21(15-17)32-14-13-31-20/h1-6,15-16H,7-14H2,(H,24,27). The molecule has 0 atom stereocenters. The Morgan fingerprint density at radius 1 is 1.03 bits per heavy atom. The minimum Gasteiger partial charge on any atom is -0.486 e. The maximum absolute atomic E-state index is 12.9. The van der Waals surface area contributed by atoms with Crippen molar-refractivity contribution in [2.24, 2.45) is 5.92 Å². The van der Waals surface area contributed by atoms with Crippen LogP contribution in [0.15, 0.2) is 42.5 Å². The van der Waals surface area contributed by atoms with E-state index in [1.165, 1.54) is 24.3 Å². The number of ketones is 1. The van der Waals surface area contributed by atoms with Gasteiger partial charge in [-0.3, -0.25) is 19.7 Å². The predicted molar refractivity (Wildman–Crippen MR) is 117 cm³/mol. The summed E-state index contributed by atoms with van der Waals surface area (Å²) in [6, 6.07) is 11.1. The molecule has 2 heterocycles. The van der Waals surface area contributed by atoms with Crippen molar-refractivity contribution in [2.45, 2.75) is 19.3 Å². The van der Waals surface area contributed by atoms with Crippen molar-refractivity contribution in [1.29, 1.82) is 0 Å². The van der Waals surface area contributed by atoms with Gasteiger partial charge in [-0.25, -0.2) is 0 Å². The van der Waals surface area contributed by atoms with Crippen LogP contribution in [0.4, 0.5) is 11.4 Å². The van der Waals surface area contributed by atoms with Gasteiger partial charge in [-0.15, -0.1) is 0 Å². The Labute approximate surface area is 185 Å². The fourth-order valence-electron chi connectivity index (χ4n) is 4.00. The molecule has 0 aromatic heterocycles. The van der Waals surface area contributed by atoms with E-state index in [-0.39, 0.29) is 23.3 Å². The lowest BCUT2D eigenvalue weighted by molar-refractivity contribution is -0.384. The first kappa shape index (κ1) is 21.8. The van der Waals surface area contributed by atoms with Crippen molar-refractivity contribution < 1.29 is 24.0 Å². The van der Waals surface area contributed by atoms with Gasteiger partial charge in [0, 0.05) is 42.3 Å². The largest absolute Gasteiger partial charge is 0.486 e. The number of likely N-dealkylation sites (tertiary alicyclic amines) is 1. The summed E-state index contributed by atoms with van der Waals surface area (Å²) in [5.41, 5.74) is 1.16. The number of hydrogen-bond donors (Lipinski definition) is 1. The first-order valence-corrected chi connectivity index (χ1v) is 10.7. The summed E-state index contributed by atoms with van der Waals surface area (Å²) in [7, 11) is 0. The molecule has 168 valence electrons. The third kappa shape index (κ3) is 5.23. The molecule has 2 aliphatic heterocycles. The quantitative estimate of drug-likeness (QED) is 0.400. The van der Waals surface area contributed by atoms with Gasteiger partial charge in [-0.05, 0) is 56.3 Å². The number of nitrogens with one attached hydrogen (secondary N) is 1. The first-order chi connectivity index (χ1) is 15.5. The Hall–Kier alpha value is -3.46. The molecule has 1 fully saturated rings. The van der Waals surface area contributed by atoms with Crippen LogP contribution in [0, 0.1) is 16.0 Å². The Bertz CT molecular complexity index is 999. The highest BCUT2D eigenvalue weighted by Gasteiger charge is 2.27. The minimum atomic E-state index is -0.478. The maximum atomic E-state index is 12.9. The van der Waals surface area contributed by atoms with Gasteiger partial charge in [0.05, 0.1) is 4.92 Å². The molecule has 0 radical (unpaired) electrons. The second kappa shape index (κ2) is 9.78. The number of fused-ring (bicyclic) bond motifs is 1. The number of rotatable bonds is 7. The molecule has 2 aromatic carbocycles. The second-order valence-electron chi connectivity index (χ2n) is 7.94. The fraction of sp³-hybridized carbons (Fsp3) is 0.391. The van der Waals surface area contributed by atoms with E-state index in [0.29, 0.717) is 48.9 Å². The zero-order valence-electron chi connectivity index (χ0n) is 17.6. The molecule has 0 aliphatic carbocycles. The van der Waals surface area contributed by atoms with Gasteiger partial charge in [-0.2, -0.15) is 0 Å². The number of anilines is 1. The lowest BCUT2D eigenvalue weighted by Crippen LogP contribution is -2.38. The predicted octanol–water partition coefficient (Wildman–Crippen LogP) is 3.29. The average molecular weight is 439 g/mol. The van der Waals surface area contributed by atoms with Crippen molar-refractivity contribution in [3.05, 3.63) is 58.1 Å². The van der Waals surface area contributed by atoms with Crippen LogP contribution in [0.2, 0.25) is 0 Å². The van der Waals surface area contributed by atoms with Crippen molar-refractivity contribution >= 4 is 23.1 Å². The zero-order valence-corrected chi connectivity index (χ0v) is 17.6. The number of ether oxygens (including phenoxy) is 2. The molecule has 2 aliphatic rings. The number of benzene rings is 2. The molecule has 9 heteroatoms. The van der Waals surface area contributed by atoms with Crippen molar-refractivity contribution in [3.63, 3.8) is 0 Å². The van der Waals surface area contributed by atoms with Crippen LogP contribution in [0.25, 0.3) is 0 Å². The van der Waals surface area contributed by atoms with E-state index in [1.807, 2.05) is 0 Å². The van der Waals surface area contributed by atoms with Gasteiger partial charge in [-0.1, -0.05) is 0 Å². The van der Waals surface area contributed by atoms with E-state index in [4.69, 9.17) is 9.47 Å². The third-order valence-corrected chi connectivity index (χ3v) is 5.80. The number of piperidine rings is 1. The Kier molecular flexibility index (Phi) is 6.65. The van der Waals surface area contributed by atoms with Crippen molar-refractivity contribution in [2.75, 3.05) is 38.2 Å². The number of nitro groups is 1. The van der Waals surface area contributed by atoms with Gasteiger partial charge >= 0.3 is 0 Å². The smallest absolute Gasteiger partial charge is 0.269 e. The van der Waals surface area contributed by atoms with E-state index in [2.05, 4.69) is 10.2 Å². The van der Waals surface area contributed by atoms with Gasteiger partial charge in [0.2, 0.25) is 5.91 Å². The van der Waals surface area contributed by atoms with E-state index in [9.17, 15) is 19.7 Å². The summed E-state index contributed by atoms with van der Waals surface area (Å²) < 4.78 is 11.1. The molecule has 0 spiro atoms. The van der Waals surface area contributed by atoms with Crippen molar-refractivity contribution in [1.82, 2.24) is 4.90 Å². The van der Waals surface area contributed by atoms with Crippen LogP contribution >= 0.6 is 0 Å². The Balaban J connectivity index is 1.22. The van der Waals surface area contributed by atoms with Crippen LogP contribution in [-0.2, 0) is 4.79 Å². The van der Waals surface area contributed by atoms with E-state index >= 15 is 0 Å². The van der Waals surface area contributed by atoms with E-state index in [1.54, 1.807) is 18.2 Å². The SMILES string of the molecule is O=C(CCN1CCC(C(=O)c2ccc3c(c2)OCCO3)CC1)Nc1ccc([N+](=O)[O-])cc1. The van der Waals surface area contributed by atoms with Crippen LogP contribution in [0.3, 0.4) is 0 Å². The third-order valence-electron chi connectivity index (χ3n) is 5.80. The van der Waals surface area contributed by atoms with Crippen LogP contribution in [0.5, 0.6) is 11.5 Å². The number of amides is 1.